The molecular weight excluding hydrogens is 337 g/mol. The van der Waals surface area contributed by atoms with Gasteiger partial charge in [-0.25, -0.2) is 22.0 Å². The van der Waals surface area contributed by atoms with Crippen LogP contribution in [-0.4, -0.2) is 16.8 Å². The predicted molar refractivity (Wildman–Crippen MR) is 70.9 cm³/mol. The lowest BCUT2D eigenvalue weighted by Gasteiger charge is -2.10. The Morgan fingerprint density at radius 3 is 1.88 bits per heavy atom. The Morgan fingerprint density at radius 2 is 1.33 bits per heavy atom. The van der Waals surface area contributed by atoms with Crippen molar-refractivity contribution < 1.29 is 31.5 Å². The van der Waals surface area contributed by atoms with E-state index in [2.05, 4.69) is 10.3 Å². The standard InChI is InChI=1S/C14H8F5N3O2/c15-7-8(16)10(18)12(11(19)9(7)17)22-14(24)13(23)21-5-6-1-3-20-4-2-6/h1-4H,5H2,(H,21,23)(H,22,24). The molecule has 10 heteroatoms. The van der Waals surface area contributed by atoms with E-state index in [1.807, 2.05) is 0 Å². The molecule has 0 spiro atoms. The summed E-state index contributed by atoms with van der Waals surface area (Å²) in [6, 6.07) is 3.06. The molecule has 2 amide bonds. The fraction of sp³-hybridized carbons (Fsp3) is 0.0714. The van der Waals surface area contributed by atoms with Gasteiger partial charge < -0.3 is 10.6 Å². The van der Waals surface area contributed by atoms with Gasteiger partial charge in [0.2, 0.25) is 5.82 Å². The highest BCUT2D eigenvalue weighted by atomic mass is 19.2. The summed E-state index contributed by atoms with van der Waals surface area (Å²) in [4.78, 5) is 26.8. The van der Waals surface area contributed by atoms with Crippen molar-refractivity contribution in [2.24, 2.45) is 0 Å². The minimum Gasteiger partial charge on any atom is -0.344 e. The second kappa shape index (κ2) is 7.02. The zero-order valence-electron chi connectivity index (χ0n) is 11.7. The molecule has 2 rings (SSSR count). The maximum Gasteiger partial charge on any atom is 0.313 e. The fourth-order valence-electron chi connectivity index (χ4n) is 1.65. The van der Waals surface area contributed by atoms with Crippen molar-refractivity contribution in [3.05, 3.63) is 59.2 Å². The Labute approximate surface area is 131 Å². The van der Waals surface area contributed by atoms with Crippen molar-refractivity contribution >= 4 is 17.5 Å². The summed E-state index contributed by atoms with van der Waals surface area (Å²) in [5.41, 5.74) is -1.03. The van der Waals surface area contributed by atoms with Crippen molar-refractivity contribution in [2.45, 2.75) is 6.54 Å². The van der Waals surface area contributed by atoms with E-state index in [1.54, 1.807) is 0 Å². The van der Waals surface area contributed by atoms with Gasteiger partial charge in [0.15, 0.2) is 23.3 Å². The Kier molecular flexibility index (Phi) is 5.07. The van der Waals surface area contributed by atoms with Gasteiger partial charge in [-0.1, -0.05) is 0 Å². The van der Waals surface area contributed by atoms with E-state index in [1.165, 1.54) is 29.8 Å². The highest BCUT2D eigenvalue weighted by molar-refractivity contribution is 6.39. The Balaban J connectivity index is 2.11. The molecule has 2 N–H and O–H groups in total. The van der Waals surface area contributed by atoms with Gasteiger partial charge in [-0.15, -0.1) is 0 Å². The number of aromatic nitrogens is 1. The number of nitrogens with one attached hydrogen (secondary N) is 2. The molecule has 0 fully saturated rings. The van der Waals surface area contributed by atoms with Gasteiger partial charge in [0.1, 0.15) is 5.69 Å². The average molecular weight is 345 g/mol. The van der Waals surface area contributed by atoms with Crippen LogP contribution < -0.4 is 10.6 Å². The van der Waals surface area contributed by atoms with Crippen molar-refractivity contribution in [1.29, 1.82) is 0 Å². The number of amides is 2. The molecule has 1 aromatic carbocycles. The van der Waals surface area contributed by atoms with Crippen LogP contribution in [0.5, 0.6) is 0 Å². The van der Waals surface area contributed by atoms with E-state index >= 15 is 0 Å². The summed E-state index contributed by atoms with van der Waals surface area (Å²) in [6.45, 7) is -0.105. The maximum atomic E-state index is 13.4. The van der Waals surface area contributed by atoms with E-state index in [-0.39, 0.29) is 6.54 Å². The lowest BCUT2D eigenvalue weighted by molar-refractivity contribution is -0.136. The topological polar surface area (TPSA) is 71.1 Å². The van der Waals surface area contributed by atoms with Gasteiger partial charge in [0.05, 0.1) is 0 Å². The number of rotatable bonds is 3. The first kappa shape index (κ1) is 17.3. The molecule has 24 heavy (non-hydrogen) atoms. The van der Waals surface area contributed by atoms with Gasteiger partial charge >= 0.3 is 11.8 Å². The highest BCUT2D eigenvalue weighted by Gasteiger charge is 2.28. The number of benzene rings is 1. The van der Waals surface area contributed by atoms with Crippen LogP contribution in [0.3, 0.4) is 0 Å². The minimum atomic E-state index is -2.37. The minimum absolute atomic E-state index is 0.105. The molecule has 0 unspecified atom stereocenters. The van der Waals surface area contributed by atoms with Crippen LogP contribution in [0.4, 0.5) is 27.6 Å². The van der Waals surface area contributed by atoms with E-state index in [4.69, 9.17) is 0 Å². The molecule has 0 aliphatic carbocycles. The number of carbonyl (C=O) groups excluding carboxylic acids is 2. The van der Waals surface area contributed by atoms with Gasteiger partial charge in [0.25, 0.3) is 0 Å². The van der Waals surface area contributed by atoms with E-state index < -0.39 is 46.6 Å². The third-order valence-electron chi connectivity index (χ3n) is 2.86. The first-order chi connectivity index (χ1) is 11.3. The summed E-state index contributed by atoms with van der Waals surface area (Å²) in [5.74, 6) is -14.3. The van der Waals surface area contributed by atoms with Crippen molar-refractivity contribution in [3.8, 4) is 0 Å². The van der Waals surface area contributed by atoms with Crippen LogP contribution in [0.1, 0.15) is 5.56 Å². The molecule has 0 aliphatic heterocycles. The second-order valence-corrected chi connectivity index (χ2v) is 4.44. The van der Waals surface area contributed by atoms with Gasteiger partial charge in [-0.3, -0.25) is 14.6 Å². The van der Waals surface area contributed by atoms with Crippen LogP contribution in [0.25, 0.3) is 0 Å². The number of hydrogen-bond donors (Lipinski definition) is 2. The van der Waals surface area contributed by atoms with E-state index in [9.17, 15) is 31.5 Å². The first-order valence-electron chi connectivity index (χ1n) is 6.32. The Bertz CT molecular complexity index is 770. The molecule has 1 heterocycles. The number of anilines is 1. The van der Waals surface area contributed by atoms with Crippen LogP contribution in [0.15, 0.2) is 24.5 Å². The third-order valence-corrected chi connectivity index (χ3v) is 2.86. The molecule has 1 aromatic heterocycles. The maximum absolute atomic E-state index is 13.4. The molecule has 2 aromatic rings. The van der Waals surface area contributed by atoms with E-state index in [0.717, 1.165) is 0 Å². The molecule has 0 saturated heterocycles. The molecule has 0 aliphatic rings. The smallest absolute Gasteiger partial charge is 0.313 e. The molecule has 0 radical (unpaired) electrons. The number of hydrogen-bond acceptors (Lipinski definition) is 3. The quantitative estimate of drug-likeness (QED) is 0.387. The van der Waals surface area contributed by atoms with Crippen molar-refractivity contribution in [3.63, 3.8) is 0 Å². The lowest BCUT2D eigenvalue weighted by Crippen LogP contribution is -2.35. The largest absolute Gasteiger partial charge is 0.344 e. The molecular formula is C14H8F5N3O2. The van der Waals surface area contributed by atoms with Crippen LogP contribution >= 0.6 is 0 Å². The summed E-state index contributed by atoms with van der Waals surface area (Å²) < 4.78 is 65.7. The Hall–Kier alpha value is -3.04. The zero-order valence-corrected chi connectivity index (χ0v) is 11.7. The predicted octanol–water partition coefficient (Wildman–Crippen LogP) is 2.03. The normalized spacial score (nSPS) is 10.4. The molecule has 126 valence electrons. The fourth-order valence-corrected chi connectivity index (χ4v) is 1.65. The third kappa shape index (κ3) is 3.47. The van der Waals surface area contributed by atoms with Crippen LogP contribution in [0, 0.1) is 29.1 Å². The van der Waals surface area contributed by atoms with Gasteiger partial charge in [-0.05, 0) is 17.7 Å². The molecule has 0 atom stereocenters. The Morgan fingerprint density at radius 1 is 0.833 bits per heavy atom. The van der Waals surface area contributed by atoms with Gasteiger partial charge in [0, 0.05) is 18.9 Å². The van der Waals surface area contributed by atoms with Crippen LogP contribution in [-0.2, 0) is 16.1 Å². The van der Waals surface area contributed by atoms with Gasteiger partial charge in [-0.2, -0.15) is 0 Å². The SMILES string of the molecule is O=C(NCc1ccncc1)C(=O)Nc1c(F)c(F)c(F)c(F)c1F. The lowest BCUT2D eigenvalue weighted by atomic mass is 10.2. The number of nitrogens with zero attached hydrogens (tertiary/aromatic N) is 1. The molecule has 5 nitrogen and oxygen atoms in total. The summed E-state index contributed by atoms with van der Waals surface area (Å²) in [5, 5.41) is 3.48. The number of carbonyl (C=O) groups is 2. The molecule has 0 bridgehead atoms. The zero-order chi connectivity index (χ0) is 17.9. The second-order valence-electron chi connectivity index (χ2n) is 4.44. The summed E-state index contributed by atoms with van der Waals surface area (Å²) in [7, 11) is 0. The molecule has 0 saturated carbocycles. The highest BCUT2D eigenvalue weighted by Crippen LogP contribution is 2.26. The summed E-state index contributed by atoms with van der Waals surface area (Å²) >= 11 is 0. The van der Waals surface area contributed by atoms with Crippen molar-refractivity contribution in [1.82, 2.24) is 10.3 Å². The van der Waals surface area contributed by atoms with Crippen molar-refractivity contribution in [2.75, 3.05) is 5.32 Å². The number of pyridine rings is 1. The number of halogens is 5. The monoisotopic (exact) mass is 345 g/mol. The summed E-state index contributed by atoms with van der Waals surface area (Å²) in [6.07, 6.45) is 2.85. The average Bonchev–Trinajstić information content (AvgIpc) is 2.60. The van der Waals surface area contributed by atoms with Crippen LogP contribution in [0.2, 0.25) is 0 Å². The first-order valence-corrected chi connectivity index (χ1v) is 6.32. The van der Waals surface area contributed by atoms with E-state index in [0.29, 0.717) is 5.56 Å².